The molecule has 4 rings (SSSR count). The number of aromatic nitrogens is 5. The minimum atomic E-state index is -0.209. The molecule has 3 aromatic heterocycles. The molecule has 0 radical (unpaired) electrons. The molecular formula is C26H37N9O3S. The third-order valence-electron chi connectivity index (χ3n) is 7.16. The molecule has 1 aliphatic heterocycles. The van der Waals surface area contributed by atoms with Gasteiger partial charge in [0, 0.05) is 38.3 Å². The van der Waals surface area contributed by atoms with E-state index >= 15 is 0 Å². The molecule has 0 aliphatic carbocycles. The Bertz CT molecular complexity index is 1230. The van der Waals surface area contributed by atoms with Crippen LogP contribution in [-0.4, -0.2) is 85.8 Å². The zero-order valence-electron chi connectivity index (χ0n) is 23.2. The number of amides is 3. The molecule has 13 heteroatoms. The van der Waals surface area contributed by atoms with Crippen LogP contribution in [0.3, 0.4) is 0 Å². The smallest absolute Gasteiger partial charge is 0.341 e. The number of likely N-dealkylation sites (tertiary alicyclic amines) is 1. The Hall–Kier alpha value is -3.42. The van der Waals surface area contributed by atoms with Crippen LogP contribution in [0, 0.1) is 13.8 Å². The lowest BCUT2D eigenvalue weighted by Gasteiger charge is -2.40. The molecule has 0 bridgehead atoms. The molecule has 210 valence electrons. The first-order chi connectivity index (χ1) is 18.8. The Labute approximate surface area is 232 Å². The van der Waals surface area contributed by atoms with E-state index < -0.39 is 0 Å². The van der Waals surface area contributed by atoms with Crippen molar-refractivity contribution >= 4 is 23.3 Å². The lowest BCUT2D eigenvalue weighted by molar-refractivity contribution is 0.0565. The van der Waals surface area contributed by atoms with Crippen LogP contribution in [0.2, 0.25) is 0 Å². The lowest BCUT2D eigenvalue weighted by atomic mass is 10.0. The number of carbonyl (C=O) groups excluding carboxylic acids is 2. The number of carbonyl (C=O) groups is 2. The number of thiophene rings is 1. The van der Waals surface area contributed by atoms with E-state index in [0.717, 1.165) is 43.5 Å². The van der Waals surface area contributed by atoms with Crippen LogP contribution in [0.25, 0.3) is 11.5 Å². The Morgan fingerprint density at radius 2 is 2.05 bits per heavy atom. The predicted octanol–water partition coefficient (Wildman–Crippen LogP) is 2.70. The van der Waals surface area contributed by atoms with Gasteiger partial charge < -0.3 is 15.1 Å². The van der Waals surface area contributed by atoms with Crippen molar-refractivity contribution in [3.63, 3.8) is 0 Å². The summed E-state index contributed by atoms with van der Waals surface area (Å²) < 4.78 is 0. The first kappa shape index (κ1) is 28.6. The first-order valence-electron chi connectivity index (χ1n) is 13.1. The summed E-state index contributed by atoms with van der Waals surface area (Å²) in [7, 11) is 3.15. The van der Waals surface area contributed by atoms with E-state index in [1.54, 1.807) is 18.4 Å². The highest BCUT2D eigenvalue weighted by atomic mass is 32.1. The summed E-state index contributed by atoms with van der Waals surface area (Å²) in [4.78, 5) is 40.8. The number of urea groups is 1. The molecule has 12 nitrogen and oxygen atoms in total. The van der Waals surface area contributed by atoms with E-state index in [9.17, 15) is 9.59 Å². The number of piperidine rings is 1. The summed E-state index contributed by atoms with van der Waals surface area (Å²) in [5, 5.41) is 19.2. The Morgan fingerprint density at radius 1 is 1.28 bits per heavy atom. The average Bonchev–Trinajstić information content (AvgIpc) is 3.59. The first-order valence-corrected chi connectivity index (χ1v) is 14.1. The van der Waals surface area contributed by atoms with Crippen molar-refractivity contribution in [2.75, 3.05) is 26.7 Å². The summed E-state index contributed by atoms with van der Waals surface area (Å²) in [5.74, 6) is 0.303. The van der Waals surface area contributed by atoms with Gasteiger partial charge in [-0.15, -0.1) is 10.2 Å². The molecule has 1 fully saturated rings. The van der Waals surface area contributed by atoms with Gasteiger partial charge in [0.2, 0.25) is 5.82 Å². The Balaban J connectivity index is 1.27. The van der Waals surface area contributed by atoms with E-state index in [4.69, 9.17) is 4.84 Å². The molecule has 1 unspecified atom stereocenters. The summed E-state index contributed by atoms with van der Waals surface area (Å²) in [6.45, 7) is 8.81. The summed E-state index contributed by atoms with van der Waals surface area (Å²) in [6.07, 6.45) is 2.59. The van der Waals surface area contributed by atoms with Gasteiger partial charge in [-0.3, -0.25) is 9.63 Å². The Kier molecular flexibility index (Phi) is 9.59. The van der Waals surface area contributed by atoms with Crippen LogP contribution < -0.4 is 10.8 Å². The topological polar surface area (TPSA) is 130 Å². The maximum Gasteiger partial charge on any atom is 0.341 e. The molecule has 2 N–H and O–H groups in total. The van der Waals surface area contributed by atoms with E-state index in [1.165, 1.54) is 11.9 Å². The average molecular weight is 556 g/mol. The van der Waals surface area contributed by atoms with Crippen LogP contribution in [0.5, 0.6) is 0 Å². The fraction of sp³-hybridized carbons (Fsp3) is 0.538. The van der Waals surface area contributed by atoms with Gasteiger partial charge in [-0.05, 0) is 79.3 Å². The van der Waals surface area contributed by atoms with E-state index in [0.29, 0.717) is 41.9 Å². The van der Waals surface area contributed by atoms with Gasteiger partial charge in [0.05, 0.1) is 25.4 Å². The minimum Gasteiger partial charge on any atom is -0.352 e. The van der Waals surface area contributed by atoms with Gasteiger partial charge in [0.1, 0.15) is 5.69 Å². The quantitative estimate of drug-likeness (QED) is 0.365. The minimum absolute atomic E-state index is 0.129. The van der Waals surface area contributed by atoms with Gasteiger partial charge in [-0.25, -0.2) is 15.3 Å². The van der Waals surface area contributed by atoms with Gasteiger partial charge in [0.15, 0.2) is 0 Å². The van der Waals surface area contributed by atoms with Crippen molar-refractivity contribution in [1.29, 1.82) is 0 Å². The standard InChI is InChI=1S/C26H37N9O3S/c1-17-14-22(24-29-32-33(4)30-24)28-19(3)23(17)25(36)27-10-6-18(2)34-11-7-21(8-12-34)35(26(37)31-38-5)15-20-9-13-39-16-20/h9,13-14,16,18,21H,6-8,10-12,15H2,1-5H3,(H,27,36)(H,31,37). The van der Waals surface area contributed by atoms with E-state index in [-0.39, 0.29) is 18.0 Å². The molecule has 0 aromatic carbocycles. The molecule has 1 aliphatic rings. The van der Waals surface area contributed by atoms with Crippen molar-refractivity contribution in [2.45, 2.75) is 58.7 Å². The molecule has 1 saturated heterocycles. The maximum atomic E-state index is 13.0. The van der Waals surface area contributed by atoms with Crippen LogP contribution in [0.1, 0.15) is 53.4 Å². The van der Waals surface area contributed by atoms with E-state index in [2.05, 4.69) is 48.4 Å². The highest BCUT2D eigenvalue weighted by Gasteiger charge is 2.30. The maximum absolute atomic E-state index is 13.0. The highest BCUT2D eigenvalue weighted by Crippen LogP contribution is 2.23. The zero-order chi connectivity index (χ0) is 27.9. The molecule has 39 heavy (non-hydrogen) atoms. The molecule has 3 aromatic rings. The summed E-state index contributed by atoms with van der Waals surface area (Å²) in [6, 6.07) is 4.10. The molecule has 1 atom stereocenters. The fourth-order valence-electron chi connectivity index (χ4n) is 5.07. The van der Waals surface area contributed by atoms with Crippen LogP contribution in [0.15, 0.2) is 22.9 Å². The Morgan fingerprint density at radius 3 is 2.67 bits per heavy atom. The number of hydrogen-bond acceptors (Lipinski definition) is 9. The second-order valence-corrected chi connectivity index (χ2v) is 10.7. The number of nitrogens with zero attached hydrogens (tertiary/aromatic N) is 7. The normalized spacial score (nSPS) is 15.2. The zero-order valence-corrected chi connectivity index (χ0v) is 24.0. The third-order valence-corrected chi connectivity index (χ3v) is 7.89. The predicted molar refractivity (Wildman–Crippen MR) is 148 cm³/mol. The van der Waals surface area contributed by atoms with Crippen LogP contribution in [0.4, 0.5) is 4.79 Å². The lowest BCUT2D eigenvalue weighted by Crippen LogP contribution is -2.51. The number of tetrazole rings is 1. The van der Waals surface area contributed by atoms with E-state index in [1.807, 2.05) is 36.3 Å². The molecule has 0 saturated carbocycles. The summed E-state index contributed by atoms with van der Waals surface area (Å²) >= 11 is 1.63. The largest absolute Gasteiger partial charge is 0.352 e. The van der Waals surface area contributed by atoms with Crippen molar-refractivity contribution in [3.05, 3.63) is 45.3 Å². The number of rotatable bonds is 10. The van der Waals surface area contributed by atoms with Crippen molar-refractivity contribution in [1.82, 2.24) is 45.8 Å². The van der Waals surface area contributed by atoms with Crippen LogP contribution in [-0.2, 0) is 18.4 Å². The van der Waals surface area contributed by atoms with Crippen molar-refractivity contribution < 1.29 is 14.4 Å². The second-order valence-electron chi connectivity index (χ2n) is 9.92. The second kappa shape index (κ2) is 13.1. The summed E-state index contributed by atoms with van der Waals surface area (Å²) in [5.41, 5.74) is 6.24. The van der Waals surface area contributed by atoms with Gasteiger partial charge in [-0.1, -0.05) is 0 Å². The fourth-order valence-corrected chi connectivity index (χ4v) is 5.73. The van der Waals surface area contributed by atoms with Gasteiger partial charge >= 0.3 is 6.03 Å². The number of hydroxylamine groups is 1. The molecule has 3 amide bonds. The third kappa shape index (κ3) is 7.16. The van der Waals surface area contributed by atoms with Crippen LogP contribution >= 0.6 is 11.3 Å². The molecular weight excluding hydrogens is 518 g/mol. The van der Waals surface area contributed by atoms with Crippen molar-refractivity contribution in [3.8, 4) is 11.5 Å². The highest BCUT2D eigenvalue weighted by molar-refractivity contribution is 7.07. The van der Waals surface area contributed by atoms with Gasteiger partial charge in [-0.2, -0.15) is 16.1 Å². The molecule has 0 spiro atoms. The number of pyridine rings is 1. The van der Waals surface area contributed by atoms with Crippen molar-refractivity contribution in [2.24, 2.45) is 7.05 Å². The number of nitrogens with one attached hydrogen (secondary N) is 2. The SMILES string of the molecule is CONC(=O)N(Cc1ccsc1)C1CCN(C(C)CCNC(=O)c2c(C)cc(-c3nnn(C)n3)nc2C)CC1. The number of aryl methyl sites for hydroxylation is 3. The molecule has 4 heterocycles. The monoisotopic (exact) mass is 555 g/mol. The number of hydrogen-bond donors (Lipinski definition) is 2. The van der Waals surface area contributed by atoms with Gasteiger partial charge in [0.25, 0.3) is 5.91 Å².